The molecule has 0 bridgehead atoms. The lowest BCUT2D eigenvalue weighted by Gasteiger charge is -2.09. The van der Waals surface area contributed by atoms with Gasteiger partial charge in [-0.1, -0.05) is 0 Å². The lowest BCUT2D eigenvalue weighted by molar-refractivity contribution is -0.136. The molecule has 7 heteroatoms. The molecule has 1 rings (SSSR count). The highest BCUT2D eigenvalue weighted by molar-refractivity contribution is 14.1. The van der Waals surface area contributed by atoms with Crippen LogP contribution in [0.3, 0.4) is 0 Å². The number of hydrogen-bond acceptors (Lipinski definition) is 3. The van der Waals surface area contributed by atoms with Crippen molar-refractivity contribution in [1.29, 1.82) is 0 Å². The van der Waals surface area contributed by atoms with E-state index in [1.807, 2.05) is 22.6 Å². The summed E-state index contributed by atoms with van der Waals surface area (Å²) in [6.45, 7) is -0.0456. The van der Waals surface area contributed by atoms with Crippen molar-refractivity contribution in [3.05, 3.63) is 26.6 Å². The molecule has 0 radical (unpaired) electrons. The number of rotatable bonds is 4. The van der Waals surface area contributed by atoms with Gasteiger partial charge in [0.1, 0.15) is 5.69 Å². The molecule has 0 atom stereocenters. The molecule has 0 unspecified atom stereocenters. The van der Waals surface area contributed by atoms with Crippen LogP contribution in [0.4, 0.5) is 8.78 Å². The van der Waals surface area contributed by atoms with Gasteiger partial charge >= 0.3 is 5.97 Å². The third kappa shape index (κ3) is 3.08. The lowest BCUT2D eigenvalue weighted by Crippen LogP contribution is -2.11. The normalized spacial score (nSPS) is 10.8. The minimum absolute atomic E-state index is 0.0456. The summed E-state index contributed by atoms with van der Waals surface area (Å²) in [7, 11) is 0. The van der Waals surface area contributed by atoms with Crippen molar-refractivity contribution < 1.29 is 18.7 Å². The van der Waals surface area contributed by atoms with Crippen LogP contribution >= 0.6 is 22.6 Å². The van der Waals surface area contributed by atoms with Crippen LogP contribution in [-0.4, -0.2) is 16.1 Å². The Bertz CT molecular complexity index is 413. The molecule has 0 aliphatic rings. The first kappa shape index (κ1) is 13.2. The summed E-state index contributed by atoms with van der Waals surface area (Å²) in [5.41, 5.74) is 5.27. The number of carbonyl (C=O) groups is 1. The fourth-order valence-corrected chi connectivity index (χ4v) is 1.89. The smallest absolute Gasteiger partial charge is 0.309 e. The van der Waals surface area contributed by atoms with Gasteiger partial charge in [-0.05, 0) is 34.2 Å². The largest absolute Gasteiger partial charge is 0.481 e. The molecule has 16 heavy (non-hydrogen) atoms. The maximum absolute atomic E-state index is 12.6. The van der Waals surface area contributed by atoms with Crippen LogP contribution in [0.5, 0.6) is 0 Å². The summed E-state index contributed by atoms with van der Waals surface area (Å²) < 4.78 is 25.7. The average molecular weight is 342 g/mol. The Labute approximate surface area is 104 Å². The fourth-order valence-electron chi connectivity index (χ4n) is 1.20. The number of nitrogens with zero attached hydrogens (tertiary/aromatic N) is 1. The Morgan fingerprint density at radius 3 is 2.69 bits per heavy atom. The van der Waals surface area contributed by atoms with Gasteiger partial charge in [-0.2, -0.15) is 0 Å². The first-order valence-corrected chi connectivity index (χ1v) is 5.41. The Morgan fingerprint density at radius 2 is 2.25 bits per heavy atom. The number of aromatic nitrogens is 1. The predicted octanol–water partition coefficient (Wildman–Crippen LogP) is 1.71. The van der Waals surface area contributed by atoms with E-state index in [1.165, 1.54) is 6.07 Å². The van der Waals surface area contributed by atoms with E-state index in [1.54, 1.807) is 0 Å². The number of nitrogens with two attached hydrogens (primary N) is 1. The number of carboxylic acid groups (broad SMARTS) is 1. The molecule has 0 amide bonds. The molecular weight excluding hydrogens is 333 g/mol. The first-order valence-electron chi connectivity index (χ1n) is 4.34. The molecule has 3 N–H and O–H groups in total. The van der Waals surface area contributed by atoms with Crippen LogP contribution in [0.25, 0.3) is 0 Å². The minimum atomic E-state index is -2.75. The Balaban J connectivity index is 3.21. The minimum Gasteiger partial charge on any atom is -0.481 e. The third-order valence-electron chi connectivity index (χ3n) is 1.91. The van der Waals surface area contributed by atoms with Crippen LogP contribution in [0, 0.1) is 3.57 Å². The van der Waals surface area contributed by atoms with E-state index < -0.39 is 18.1 Å². The molecule has 0 fully saturated rings. The summed E-state index contributed by atoms with van der Waals surface area (Å²) in [6, 6.07) is 1.45. The quantitative estimate of drug-likeness (QED) is 0.817. The maximum atomic E-state index is 12.6. The fraction of sp³-hybridized carbons (Fsp3) is 0.333. The van der Waals surface area contributed by atoms with E-state index >= 15 is 0 Å². The Morgan fingerprint density at radius 1 is 1.62 bits per heavy atom. The molecule has 0 aliphatic carbocycles. The topological polar surface area (TPSA) is 76.2 Å². The summed E-state index contributed by atoms with van der Waals surface area (Å²) in [5.74, 6) is -1.11. The summed E-state index contributed by atoms with van der Waals surface area (Å²) in [4.78, 5) is 14.2. The van der Waals surface area contributed by atoms with E-state index in [-0.39, 0.29) is 24.2 Å². The summed E-state index contributed by atoms with van der Waals surface area (Å²) in [6.07, 6.45) is -3.12. The monoisotopic (exact) mass is 342 g/mol. The van der Waals surface area contributed by atoms with Gasteiger partial charge in [-0.15, -0.1) is 0 Å². The van der Waals surface area contributed by atoms with Crippen molar-refractivity contribution in [1.82, 2.24) is 4.98 Å². The van der Waals surface area contributed by atoms with Gasteiger partial charge in [0.2, 0.25) is 0 Å². The van der Waals surface area contributed by atoms with E-state index in [2.05, 4.69) is 4.98 Å². The van der Waals surface area contributed by atoms with Crippen LogP contribution in [0.15, 0.2) is 6.07 Å². The molecular formula is C9H9F2IN2O2. The van der Waals surface area contributed by atoms with Crippen molar-refractivity contribution in [2.24, 2.45) is 5.73 Å². The predicted molar refractivity (Wildman–Crippen MR) is 61.1 cm³/mol. The van der Waals surface area contributed by atoms with E-state index in [0.717, 1.165) is 0 Å². The number of aliphatic carboxylic acids is 1. The van der Waals surface area contributed by atoms with Crippen molar-refractivity contribution in [3.8, 4) is 0 Å². The Kier molecular flexibility index (Phi) is 4.54. The van der Waals surface area contributed by atoms with Crippen LogP contribution in [0.2, 0.25) is 0 Å². The van der Waals surface area contributed by atoms with Crippen molar-refractivity contribution in [2.45, 2.75) is 19.4 Å². The lowest BCUT2D eigenvalue weighted by atomic mass is 10.1. The number of alkyl halides is 2. The van der Waals surface area contributed by atoms with Gasteiger partial charge in [-0.25, -0.2) is 13.8 Å². The summed E-state index contributed by atoms with van der Waals surface area (Å²) in [5, 5.41) is 8.59. The molecule has 0 aromatic carbocycles. The second kappa shape index (κ2) is 5.48. The van der Waals surface area contributed by atoms with Gasteiger partial charge in [0.15, 0.2) is 0 Å². The molecule has 1 aromatic rings. The zero-order valence-corrected chi connectivity index (χ0v) is 10.2. The molecule has 0 saturated heterocycles. The zero-order chi connectivity index (χ0) is 12.3. The van der Waals surface area contributed by atoms with E-state index in [0.29, 0.717) is 3.57 Å². The highest BCUT2D eigenvalue weighted by Gasteiger charge is 2.18. The van der Waals surface area contributed by atoms with E-state index in [4.69, 9.17) is 10.8 Å². The van der Waals surface area contributed by atoms with Crippen molar-refractivity contribution in [2.75, 3.05) is 0 Å². The number of pyridine rings is 1. The molecule has 1 aromatic heterocycles. The maximum Gasteiger partial charge on any atom is 0.309 e. The number of hydrogen-bond donors (Lipinski definition) is 2. The number of halogens is 3. The SMILES string of the molecule is NCc1cc(I)c(CC(=O)O)nc1C(F)F. The van der Waals surface area contributed by atoms with Crippen molar-refractivity contribution >= 4 is 28.6 Å². The highest BCUT2D eigenvalue weighted by Crippen LogP contribution is 2.24. The van der Waals surface area contributed by atoms with Gasteiger partial charge < -0.3 is 10.8 Å². The second-order valence-electron chi connectivity index (χ2n) is 3.04. The first-order chi connectivity index (χ1) is 7.45. The van der Waals surface area contributed by atoms with Gasteiger partial charge in [0.05, 0.1) is 12.1 Å². The molecule has 0 spiro atoms. The zero-order valence-electron chi connectivity index (χ0n) is 8.08. The standard InChI is InChI=1S/C9H9F2IN2O2/c10-9(11)8-4(3-13)1-5(12)6(14-8)2-7(15)16/h1,9H,2-3,13H2,(H,15,16). The second-order valence-corrected chi connectivity index (χ2v) is 4.20. The van der Waals surface area contributed by atoms with Gasteiger partial charge in [0.25, 0.3) is 6.43 Å². The van der Waals surface area contributed by atoms with Gasteiger partial charge in [-0.3, -0.25) is 4.79 Å². The number of carboxylic acids is 1. The molecule has 88 valence electrons. The van der Waals surface area contributed by atoms with Crippen LogP contribution in [-0.2, 0) is 17.8 Å². The summed E-state index contributed by atoms with van der Waals surface area (Å²) >= 11 is 1.86. The molecule has 4 nitrogen and oxygen atoms in total. The third-order valence-corrected chi connectivity index (χ3v) is 2.84. The highest BCUT2D eigenvalue weighted by atomic mass is 127. The Hall–Kier alpha value is -0.830. The van der Waals surface area contributed by atoms with E-state index in [9.17, 15) is 13.6 Å². The average Bonchev–Trinajstić information content (AvgIpc) is 2.19. The van der Waals surface area contributed by atoms with Crippen LogP contribution in [0.1, 0.15) is 23.4 Å². The molecule has 1 heterocycles. The molecule has 0 saturated carbocycles. The van der Waals surface area contributed by atoms with Crippen LogP contribution < -0.4 is 5.73 Å². The van der Waals surface area contributed by atoms with Crippen molar-refractivity contribution in [3.63, 3.8) is 0 Å². The van der Waals surface area contributed by atoms with Gasteiger partial charge in [0, 0.05) is 10.1 Å². The molecule has 0 aliphatic heterocycles.